The summed E-state index contributed by atoms with van der Waals surface area (Å²) in [5.74, 6) is -0.996. The number of carbonyl (C=O) groups is 1. The number of rotatable bonds is 5. The summed E-state index contributed by atoms with van der Waals surface area (Å²) in [4.78, 5) is 18.4. The highest BCUT2D eigenvalue weighted by molar-refractivity contribution is 7.91. The number of aromatic nitrogens is 2. The highest BCUT2D eigenvalue weighted by Gasteiger charge is 2.32. The third-order valence-corrected chi connectivity index (χ3v) is 6.04. The zero-order valence-corrected chi connectivity index (χ0v) is 15.8. The quantitative estimate of drug-likeness (QED) is 0.794. The van der Waals surface area contributed by atoms with Crippen molar-refractivity contribution in [3.63, 3.8) is 0 Å². The second kappa shape index (κ2) is 7.57. The van der Waals surface area contributed by atoms with Crippen LogP contribution in [0.5, 0.6) is 0 Å². The Bertz CT molecular complexity index is 854. The molecule has 8 heteroatoms. The maximum absolute atomic E-state index is 12.5. The summed E-state index contributed by atoms with van der Waals surface area (Å²) >= 11 is 0. The van der Waals surface area contributed by atoms with Crippen LogP contribution in [0.25, 0.3) is 11.4 Å². The van der Waals surface area contributed by atoms with Gasteiger partial charge in [-0.3, -0.25) is 4.79 Å². The van der Waals surface area contributed by atoms with Crippen LogP contribution in [0.3, 0.4) is 0 Å². The van der Waals surface area contributed by atoms with Crippen LogP contribution in [-0.2, 0) is 20.4 Å². The molecule has 1 aromatic heterocycles. The normalized spacial score (nSPS) is 20.9. The molecule has 2 atom stereocenters. The minimum Gasteiger partial charge on any atom is -0.338 e. The molecule has 1 saturated heterocycles. The van der Waals surface area contributed by atoms with Crippen LogP contribution in [0.1, 0.15) is 39.0 Å². The van der Waals surface area contributed by atoms with Crippen molar-refractivity contribution in [3.8, 4) is 11.4 Å². The summed E-state index contributed by atoms with van der Waals surface area (Å²) in [5.41, 5.74) is 0.743. The molecule has 1 aliphatic heterocycles. The topological polar surface area (TPSA) is 93.4 Å². The van der Waals surface area contributed by atoms with Gasteiger partial charge in [-0.1, -0.05) is 35.5 Å². The van der Waals surface area contributed by atoms with E-state index in [1.54, 1.807) is 4.90 Å². The average Bonchev–Trinajstić information content (AvgIpc) is 3.02. The Labute approximate surface area is 153 Å². The van der Waals surface area contributed by atoms with E-state index in [9.17, 15) is 13.2 Å². The molecule has 1 aromatic carbocycles. The first kappa shape index (κ1) is 18.6. The fourth-order valence-corrected chi connectivity index (χ4v) is 4.55. The van der Waals surface area contributed by atoms with Crippen LogP contribution in [0.4, 0.5) is 0 Å². The summed E-state index contributed by atoms with van der Waals surface area (Å²) in [6.45, 7) is 3.93. The predicted octanol–water partition coefficient (Wildman–Crippen LogP) is 2.44. The van der Waals surface area contributed by atoms with Crippen LogP contribution in [-0.4, -0.2) is 47.2 Å². The Balaban J connectivity index is 1.67. The number of benzene rings is 1. The van der Waals surface area contributed by atoms with E-state index in [1.165, 1.54) is 0 Å². The number of carbonyl (C=O) groups excluding carboxylic acids is 1. The molecule has 2 heterocycles. The third-order valence-electron chi connectivity index (χ3n) is 4.67. The second-order valence-corrected chi connectivity index (χ2v) is 8.90. The van der Waals surface area contributed by atoms with E-state index in [0.717, 1.165) is 24.8 Å². The predicted molar refractivity (Wildman–Crippen MR) is 96.8 cm³/mol. The molecule has 0 N–H and O–H groups in total. The second-order valence-electron chi connectivity index (χ2n) is 6.84. The number of amides is 1. The minimum atomic E-state index is -3.69. The van der Waals surface area contributed by atoms with Crippen LogP contribution in [0.15, 0.2) is 34.9 Å². The average molecular weight is 377 g/mol. The van der Waals surface area contributed by atoms with Crippen molar-refractivity contribution in [1.29, 1.82) is 0 Å². The zero-order valence-electron chi connectivity index (χ0n) is 15.0. The number of likely N-dealkylation sites (tertiary alicyclic amines) is 1. The van der Waals surface area contributed by atoms with Gasteiger partial charge in [-0.05, 0) is 33.1 Å². The van der Waals surface area contributed by atoms with Gasteiger partial charge in [0, 0.05) is 17.6 Å². The van der Waals surface area contributed by atoms with Crippen LogP contribution in [0.2, 0.25) is 0 Å². The van der Waals surface area contributed by atoms with E-state index >= 15 is 0 Å². The van der Waals surface area contributed by atoms with E-state index in [4.69, 9.17) is 4.52 Å². The molecular weight excluding hydrogens is 354 g/mol. The number of sulfone groups is 1. The van der Waals surface area contributed by atoms with Gasteiger partial charge in [0.1, 0.15) is 11.5 Å². The lowest BCUT2D eigenvalue weighted by Crippen LogP contribution is -2.49. The van der Waals surface area contributed by atoms with Gasteiger partial charge >= 0.3 is 0 Å². The lowest BCUT2D eigenvalue weighted by atomic mass is 9.98. The molecule has 26 heavy (non-hydrogen) atoms. The summed E-state index contributed by atoms with van der Waals surface area (Å²) < 4.78 is 29.9. The van der Waals surface area contributed by atoms with Crippen molar-refractivity contribution in [3.05, 3.63) is 36.2 Å². The Morgan fingerprint density at radius 1 is 1.19 bits per heavy atom. The van der Waals surface area contributed by atoms with Crippen molar-refractivity contribution >= 4 is 15.7 Å². The van der Waals surface area contributed by atoms with Gasteiger partial charge in [-0.15, -0.1) is 0 Å². The third kappa shape index (κ3) is 4.30. The molecule has 140 valence electrons. The molecule has 1 amide bonds. The number of hydrogen-bond donors (Lipinski definition) is 0. The molecule has 0 aliphatic carbocycles. The fraction of sp³-hybridized carbons (Fsp3) is 0.500. The smallest absolute Gasteiger partial charge is 0.242 e. The van der Waals surface area contributed by atoms with E-state index in [0.29, 0.717) is 5.82 Å². The highest BCUT2D eigenvalue weighted by Crippen LogP contribution is 2.23. The lowest BCUT2D eigenvalue weighted by Gasteiger charge is -2.39. The molecule has 0 saturated carbocycles. The van der Waals surface area contributed by atoms with Crippen molar-refractivity contribution in [1.82, 2.24) is 15.0 Å². The number of piperidine rings is 1. The summed E-state index contributed by atoms with van der Waals surface area (Å²) in [6.07, 6.45) is 2.86. The first-order chi connectivity index (χ1) is 12.4. The van der Waals surface area contributed by atoms with Gasteiger partial charge in [-0.2, -0.15) is 4.98 Å². The maximum Gasteiger partial charge on any atom is 0.242 e. The van der Waals surface area contributed by atoms with Crippen LogP contribution >= 0.6 is 0 Å². The summed E-state index contributed by atoms with van der Waals surface area (Å²) in [7, 11) is -3.69. The zero-order chi connectivity index (χ0) is 18.7. The van der Waals surface area contributed by atoms with Gasteiger partial charge in [0.15, 0.2) is 9.84 Å². The largest absolute Gasteiger partial charge is 0.338 e. The monoisotopic (exact) mass is 377 g/mol. The van der Waals surface area contributed by atoms with E-state index in [1.807, 2.05) is 44.2 Å². The Kier molecular flexibility index (Phi) is 5.41. The summed E-state index contributed by atoms with van der Waals surface area (Å²) in [5, 5.41) is 3.82. The highest BCUT2D eigenvalue weighted by atomic mass is 32.2. The first-order valence-corrected chi connectivity index (χ1v) is 10.6. The minimum absolute atomic E-state index is 0.00334. The van der Waals surface area contributed by atoms with Crippen molar-refractivity contribution in [2.24, 2.45) is 0 Å². The summed E-state index contributed by atoms with van der Waals surface area (Å²) in [6, 6.07) is 9.29. The lowest BCUT2D eigenvalue weighted by molar-refractivity contribution is -0.134. The molecule has 3 rings (SSSR count). The molecule has 7 nitrogen and oxygen atoms in total. The molecule has 1 aliphatic rings. The van der Waals surface area contributed by atoms with Crippen molar-refractivity contribution in [2.75, 3.05) is 5.75 Å². The molecule has 2 aromatic rings. The van der Waals surface area contributed by atoms with E-state index in [-0.39, 0.29) is 23.9 Å². The number of nitrogens with zero attached hydrogens (tertiary/aromatic N) is 3. The SMILES string of the molecule is C[C@H]1CCC[C@H](C)N1C(=O)CS(=O)(=O)Cc1nc(-c2ccccc2)no1. The van der Waals surface area contributed by atoms with Gasteiger partial charge in [0.2, 0.25) is 17.6 Å². The van der Waals surface area contributed by atoms with Gasteiger partial charge in [0.05, 0.1) is 0 Å². The number of hydrogen-bond acceptors (Lipinski definition) is 6. The van der Waals surface area contributed by atoms with Crippen molar-refractivity contribution in [2.45, 2.75) is 50.9 Å². The Hall–Kier alpha value is -2.22. The van der Waals surface area contributed by atoms with Crippen LogP contribution < -0.4 is 0 Å². The Morgan fingerprint density at radius 3 is 2.50 bits per heavy atom. The maximum atomic E-state index is 12.5. The van der Waals surface area contributed by atoms with Gasteiger partial charge in [0.25, 0.3) is 0 Å². The molecule has 0 bridgehead atoms. The molecule has 0 unspecified atom stereocenters. The van der Waals surface area contributed by atoms with Crippen molar-refractivity contribution < 1.29 is 17.7 Å². The van der Waals surface area contributed by atoms with Gasteiger partial charge in [-0.25, -0.2) is 8.42 Å². The fourth-order valence-electron chi connectivity index (χ4n) is 3.43. The Morgan fingerprint density at radius 2 is 1.85 bits per heavy atom. The van der Waals surface area contributed by atoms with Gasteiger partial charge < -0.3 is 9.42 Å². The molecule has 0 radical (unpaired) electrons. The van der Waals surface area contributed by atoms with E-state index < -0.39 is 21.3 Å². The molecular formula is C18H23N3O4S. The first-order valence-electron chi connectivity index (χ1n) is 8.75. The molecule has 0 spiro atoms. The molecule has 1 fully saturated rings. The van der Waals surface area contributed by atoms with Crippen LogP contribution in [0, 0.1) is 0 Å². The van der Waals surface area contributed by atoms with E-state index in [2.05, 4.69) is 10.1 Å². The standard InChI is InChI=1S/C18H23N3O4S/c1-13-7-6-8-14(2)21(13)17(22)12-26(23,24)11-16-19-18(20-25-16)15-9-4-3-5-10-15/h3-5,9-10,13-14H,6-8,11-12H2,1-2H3/t13-,14-/m0/s1.